The largest absolute Gasteiger partial charge is 0.445 e. The summed E-state index contributed by atoms with van der Waals surface area (Å²) < 4.78 is 5.43. The van der Waals surface area contributed by atoms with Gasteiger partial charge in [-0.15, -0.1) is 0 Å². The van der Waals surface area contributed by atoms with Crippen molar-refractivity contribution in [3.05, 3.63) is 111 Å². The van der Waals surface area contributed by atoms with E-state index in [1.807, 2.05) is 0 Å². The lowest BCUT2D eigenvalue weighted by atomic mass is 9.99. The number of nitro groups is 1. The van der Waals surface area contributed by atoms with Crippen LogP contribution in [0.4, 0.5) is 5.69 Å². The second-order valence-corrected chi connectivity index (χ2v) is 6.28. The van der Waals surface area contributed by atoms with Crippen molar-refractivity contribution >= 4 is 29.0 Å². The topological polar surface area (TPSA) is 86.5 Å². The van der Waals surface area contributed by atoms with Gasteiger partial charge < -0.3 is 4.74 Å². The number of hydrogen-bond donors (Lipinski definition) is 0. The maximum absolute atomic E-state index is 13.0. The van der Waals surface area contributed by atoms with Crippen molar-refractivity contribution in [2.24, 2.45) is 0 Å². The summed E-state index contributed by atoms with van der Waals surface area (Å²) in [7, 11) is 0. The fourth-order valence-electron chi connectivity index (χ4n) is 2.64. The number of ketones is 1. The van der Waals surface area contributed by atoms with E-state index in [2.05, 4.69) is 0 Å². The molecule has 0 amide bonds. The molecule has 0 N–H and O–H groups in total. The van der Waals surface area contributed by atoms with E-state index in [9.17, 15) is 19.7 Å². The van der Waals surface area contributed by atoms with Gasteiger partial charge in [-0.05, 0) is 18.2 Å². The summed E-state index contributed by atoms with van der Waals surface area (Å²) in [6, 6.07) is 20.0. The van der Waals surface area contributed by atoms with E-state index in [-0.39, 0.29) is 5.56 Å². The lowest BCUT2D eigenvalue weighted by molar-refractivity contribution is -0.385. The molecule has 0 fully saturated rings. The van der Waals surface area contributed by atoms with E-state index in [0.29, 0.717) is 16.1 Å². The van der Waals surface area contributed by atoms with Crippen LogP contribution in [0, 0.1) is 10.1 Å². The molecule has 0 radical (unpaired) electrons. The van der Waals surface area contributed by atoms with Gasteiger partial charge >= 0.3 is 5.97 Å². The quantitative estimate of drug-likeness (QED) is 0.253. The van der Waals surface area contributed by atoms with Gasteiger partial charge in [-0.1, -0.05) is 66.2 Å². The fourth-order valence-corrected chi connectivity index (χ4v) is 2.77. The molecule has 3 aromatic carbocycles. The van der Waals surface area contributed by atoms with E-state index in [1.165, 1.54) is 24.3 Å². The molecule has 0 heterocycles. The summed E-state index contributed by atoms with van der Waals surface area (Å²) in [6.45, 7) is 0. The van der Waals surface area contributed by atoms with E-state index < -0.39 is 28.5 Å². The van der Waals surface area contributed by atoms with Crippen LogP contribution in [0.3, 0.4) is 0 Å². The van der Waals surface area contributed by atoms with Crippen LogP contribution in [0.25, 0.3) is 0 Å². The Labute approximate surface area is 165 Å². The van der Waals surface area contributed by atoms with Crippen LogP contribution < -0.4 is 0 Å². The summed E-state index contributed by atoms with van der Waals surface area (Å²) in [5.41, 5.74) is 0.129. The normalized spacial score (nSPS) is 11.5. The standard InChI is InChI=1S/C21H14ClNO5/c22-16-12-10-15(11-13-16)20(19(24)14-6-2-1-3-7-14)28-21(25)17-8-4-5-9-18(17)23(26)27/h1-13,20H/t20-/m1/s1. The molecule has 0 aliphatic carbocycles. The monoisotopic (exact) mass is 395 g/mol. The van der Waals surface area contributed by atoms with Crippen LogP contribution in [0.5, 0.6) is 0 Å². The fraction of sp³-hybridized carbons (Fsp3) is 0.0476. The molecule has 0 saturated heterocycles. The number of esters is 1. The number of ether oxygens (including phenoxy) is 1. The van der Waals surface area contributed by atoms with Gasteiger partial charge in [-0.3, -0.25) is 14.9 Å². The number of carbonyl (C=O) groups is 2. The third-order valence-corrected chi connectivity index (χ3v) is 4.27. The van der Waals surface area contributed by atoms with Gasteiger partial charge in [0.1, 0.15) is 5.56 Å². The van der Waals surface area contributed by atoms with Gasteiger partial charge in [0.05, 0.1) is 4.92 Å². The van der Waals surface area contributed by atoms with Crippen LogP contribution in [-0.4, -0.2) is 16.7 Å². The molecule has 3 rings (SSSR count). The van der Waals surface area contributed by atoms with Crippen molar-refractivity contribution < 1.29 is 19.2 Å². The van der Waals surface area contributed by atoms with Crippen LogP contribution in [0.15, 0.2) is 78.9 Å². The second kappa shape index (κ2) is 8.45. The zero-order chi connectivity index (χ0) is 20.1. The lowest BCUT2D eigenvalue weighted by Crippen LogP contribution is -2.21. The number of Topliss-reactive ketones (excluding diaryl/α,β-unsaturated/α-hetero) is 1. The molecule has 140 valence electrons. The van der Waals surface area contributed by atoms with Gasteiger partial charge in [0.15, 0.2) is 6.10 Å². The van der Waals surface area contributed by atoms with Crippen LogP contribution >= 0.6 is 11.6 Å². The first-order chi connectivity index (χ1) is 13.5. The van der Waals surface area contributed by atoms with Crippen molar-refractivity contribution in [1.29, 1.82) is 0 Å². The number of halogens is 1. The smallest absolute Gasteiger partial charge is 0.346 e. The Morgan fingerprint density at radius 2 is 1.50 bits per heavy atom. The van der Waals surface area contributed by atoms with Crippen molar-refractivity contribution in [2.45, 2.75) is 6.10 Å². The third-order valence-electron chi connectivity index (χ3n) is 4.01. The van der Waals surface area contributed by atoms with Gasteiger partial charge in [0.2, 0.25) is 5.78 Å². The predicted molar refractivity (Wildman–Crippen MR) is 103 cm³/mol. The van der Waals surface area contributed by atoms with E-state index in [0.717, 1.165) is 0 Å². The Hall–Kier alpha value is -3.51. The Kier molecular flexibility index (Phi) is 5.81. The third kappa shape index (κ3) is 4.24. The van der Waals surface area contributed by atoms with Gasteiger partial charge in [-0.25, -0.2) is 4.79 Å². The molecule has 6 nitrogen and oxygen atoms in total. The van der Waals surface area contributed by atoms with Gasteiger partial charge in [-0.2, -0.15) is 0 Å². The highest BCUT2D eigenvalue weighted by atomic mass is 35.5. The number of benzene rings is 3. The highest BCUT2D eigenvalue weighted by molar-refractivity contribution is 6.30. The second-order valence-electron chi connectivity index (χ2n) is 5.84. The zero-order valence-corrected chi connectivity index (χ0v) is 15.2. The van der Waals surface area contributed by atoms with Crippen LogP contribution in [-0.2, 0) is 4.74 Å². The number of rotatable bonds is 6. The number of para-hydroxylation sites is 1. The highest BCUT2D eigenvalue weighted by Crippen LogP contribution is 2.27. The first-order valence-corrected chi connectivity index (χ1v) is 8.64. The van der Waals surface area contributed by atoms with Crippen molar-refractivity contribution in [1.82, 2.24) is 0 Å². The average molecular weight is 396 g/mol. The molecule has 0 saturated carbocycles. The van der Waals surface area contributed by atoms with E-state index in [1.54, 1.807) is 54.6 Å². The first kappa shape index (κ1) is 19.3. The van der Waals surface area contributed by atoms with E-state index in [4.69, 9.17) is 16.3 Å². The molecule has 0 spiro atoms. The maximum atomic E-state index is 13.0. The predicted octanol–water partition coefficient (Wildman–Crippen LogP) is 5.03. The molecular weight excluding hydrogens is 382 g/mol. The molecule has 0 aromatic heterocycles. The minimum Gasteiger partial charge on any atom is -0.445 e. The highest BCUT2D eigenvalue weighted by Gasteiger charge is 2.29. The summed E-state index contributed by atoms with van der Waals surface area (Å²) in [4.78, 5) is 36.1. The SMILES string of the molecule is O=C(O[C@@H](C(=O)c1ccccc1)c1ccc(Cl)cc1)c1ccccc1[N+](=O)[O-]. The number of hydrogen-bond acceptors (Lipinski definition) is 5. The molecule has 0 bridgehead atoms. The Balaban J connectivity index is 1.98. The maximum Gasteiger partial charge on any atom is 0.346 e. The first-order valence-electron chi connectivity index (χ1n) is 8.26. The average Bonchev–Trinajstić information content (AvgIpc) is 2.72. The summed E-state index contributed by atoms with van der Waals surface area (Å²) in [5, 5.41) is 11.6. The van der Waals surface area contributed by atoms with Crippen molar-refractivity contribution in [3.8, 4) is 0 Å². The molecule has 7 heteroatoms. The van der Waals surface area contributed by atoms with Crippen molar-refractivity contribution in [3.63, 3.8) is 0 Å². The number of nitrogens with zero attached hydrogens (tertiary/aromatic N) is 1. The summed E-state index contributed by atoms with van der Waals surface area (Å²) in [5.74, 6) is -1.41. The molecule has 28 heavy (non-hydrogen) atoms. The number of nitro benzene ring substituents is 1. The Morgan fingerprint density at radius 3 is 2.14 bits per heavy atom. The van der Waals surface area contributed by atoms with E-state index >= 15 is 0 Å². The Morgan fingerprint density at radius 1 is 0.893 bits per heavy atom. The van der Waals surface area contributed by atoms with Gasteiger partial charge in [0.25, 0.3) is 5.69 Å². The molecular formula is C21H14ClNO5. The van der Waals surface area contributed by atoms with Crippen LogP contribution in [0.1, 0.15) is 32.4 Å². The molecule has 1 atom stereocenters. The minimum atomic E-state index is -1.27. The lowest BCUT2D eigenvalue weighted by Gasteiger charge is -2.17. The summed E-state index contributed by atoms with van der Waals surface area (Å²) >= 11 is 5.90. The minimum absolute atomic E-state index is 0.229. The number of carbonyl (C=O) groups excluding carboxylic acids is 2. The molecule has 0 aliphatic rings. The molecule has 3 aromatic rings. The Bertz CT molecular complexity index is 1020. The van der Waals surface area contributed by atoms with Crippen molar-refractivity contribution in [2.75, 3.05) is 0 Å². The van der Waals surface area contributed by atoms with Gasteiger partial charge in [0, 0.05) is 22.2 Å². The molecule has 0 unspecified atom stereocenters. The van der Waals surface area contributed by atoms with Crippen LogP contribution in [0.2, 0.25) is 5.02 Å². The molecule has 0 aliphatic heterocycles. The summed E-state index contributed by atoms with van der Waals surface area (Å²) in [6.07, 6.45) is -1.27. The zero-order valence-electron chi connectivity index (χ0n) is 14.4.